The Morgan fingerprint density at radius 2 is 2.06 bits per heavy atom. The maximum Gasteiger partial charge on any atom is 0.337 e. The normalized spacial score (nSPS) is 19.3. The standard InChI is InChI=1S/C26H29N7O2/c1-16-12-20(17(2)28-22-8-4-3-7-19(22)25(34)35)23-21(13-16)24-30-27-15-33(24)26(29-23)32-11-10-31-9-5-6-18(31)14-32/h3-4,7-8,12-13,15,17-18,28H,5-6,9-11,14H2,1-2H3,(H,34,35)/t17-,18?/m1/s1. The molecule has 0 aliphatic carbocycles. The van der Waals surface area contributed by atoms with Crippen LogP contribution in [0, 0.1) is 6.92 Å². The molecule has 0 bridgehead atoms. The zero-order chi connectivity index (χ0) is 24.1. The average molecular weight is 472 g/mol. The van der Waals surface area contributed by atoms with Crippen LogP contribution in [-0.2, 0) is 0 Å². The van der Waals surface area contributed by atoms with Crippen molar-refractivity contribution in [3.05, 3.63) is 59.4 Å². The number of nitrogens with zero attached hydrogens (tertiary/aromatic N) is 6. The molecule has 2 saturated heterocycles. The number of carboxylic acids is 1. The fourth-order valence-electron chi connectivity index (χ4n) is 5.65. The van der Waals surface area contributed by atoms with Crippen molar-refractivity contribution in [2.45, 2.75) is 38.8 Å². The molecule has 2 aliphatic heterocycles. The number of hydrogen-bond acceptors (Lipinski definition) is 7. The molecule has 9 heteroatoms. The summed E-state index contributed by atoms with van der Waals surface area (Å²) in [5.74, 6) is -0.0849. The molecule has 0 saturated carbocycles. The molecular formula is C26H29N7O2. The maximum absolute atomic E-state index is 11.7. The van der Waals surface area contributed by atoms with E-state index in [1.165, 1.54) is 19.4 Å². The summed E-state index contributed by atoms with van der Waals surface area (Å²) in [6, 6.07) is 11.6. The number of nitrogens with one attached hydrogen (secondary N) is 1. The molecule has 2 aromatic carbocycles. The Morgan fingerprint density at radius 3 is 2.91 bits per heavy atom. The summed E-state index contributed by atoms with van der Waals surface area (Å²) in [5.41, 5.74) is 4.59. The van der Waals surface area contributed by atoms with E-state index in [9.17, 15) is 9.90 Å². The summed E-state index contributed by atoms with van der Waals surface area (Å²) in [4.78, 5) is 21.9. The predicted octanol–water partition coefficient (Wildman–Crippen LogP) is 3.74. The van der Waals surface area contributed by atoms with Crippen molar-refractivity contribution in [3.8, 4) is 0 Å². The van der Waals surface area contributed by atoms with Crippen LogP contribution >= 0.6 is 0 Å². The topological polar surface area (TPSA) is 98.9 Å². The molecule has 4 aromatic rings. The Hall–Kier alpha value is -3.72. The molecule has 0 amide bonds. The van der Waals surface area contributed by atoms with Crippen LogP contribution in [0.15, 0.2) is 42.7 Å². The highest BCUT2D eigenvalue weighted by molar-refractivity contribution is 5.96. The van der Waals surface area contributed by atoms with Gasteiger partial charge in [0.25, 0.3) is 0 Å². The van der Waals surface area contributed by atoms with E-state index in [2.05, 4.69) is 44.4 Å². The number of aromatic carboxylic acids is 1. The van der Waals surface area contributed by atoms with Gasteiger partial charge in [0.15, 0.2) is 5.65 Å². The van der Waals surface area contributed by atoms with Gasteiger partial charge in [-0.05, 0) is 57.0 Å². The number of piperazine rings is 1. The number of para-hydroxylation sites is 1. The molecule has 35 heavy (non-hydrogen) atoms. The van der Waals surface area contributed by atoms with Crippen molar-refractivity contribution in [1.29, 1.82) is 0 Å². The van der Waals surface area contributed by atoms with Crippen LogP contribution in [0.4, 0.5) is 11.6 Å². The number of aromatic nitrogens is 4. The smallest absolute Gasteiger partial charge is 0.337 e. The van der Waals surface area contributed by atoms with Gasteiger partial charge in [0, 0.05) is 42.3 Å². The number of carbonyl (C=O) groups is 1. The van der Waals surface area contributed by atoms with Gasteiger partial charge in [-0.2, -0.15) is 0 Å². The van der Waals surface area contributed by atoms with E-state index in [1.807, 2.05) is 17.4 Å². The Morgan fingerprint density at radius 1 is 1.20 bits per heavy atom. The fourth-order valence-corrected chi connectivity index (χ4v) is 5.65. The zero-order valence-electron chi connectivity index (χ0n) is 20.0. The third-order valence-electron chi connectivity index (χ3n) is 7.37. The van der Waals surface area contributed by atoms with Crippen molar-refractivity contribution >= 4 is 34.2 Å². The van der Waals surface area contributed by atoms with Crippen LogP contribution in [0.5, 0.6) is 0 Å². The number of hydrogen-bond donors (Lipinski definition) is 2. The number of aryl methyl sites for hydroxylation is 1. The van der Waals surface area contributed by atoms with E-state index in [-0.39, 0.29) is 11.6 Å². The van der Waals surface area contributed by atoms with Gasteiger partial charge in [0.1, 0.15) is 6.33 Å². The van der Waals surface area contributed by atoms with Crippen molar-refractivity contribution in [2.75, 3.05) is 36.4 Å². The van der Waals surface area contributed by atoms with E-state index >= 15 is 0 Å². The quantitative estimate of drug-likeness (QED) is 0.454. The summed E-state index contributed by atoms with van der Waals surface area (Å²) >= 11 is 0. The first kappa shape index (κ1) is 21.8. The second-order valence-electron chi connectivity index (χ2n) is 9.68. The summed E-state index contributed by atoms with van der Waals surface area (Å²) in [6.45, 7) is 8.20. The number of anilines is 2. The first-order chi connectivity index (χ1) is 17.0. The Kier molecular flexibility index (Phi) is 5.29. The third kappa shape index (κ3) is 3.76. The lowest BCUT2D eigenvalue weighted by Gasteiger charge is -2.38. The SMILES string of the molecule is Cc1cc([C@@H](C)Nc2ccccc2C(=O)O)c2nc(N3CCN4CCCC4C3)n3cnnc3c2c1. The summed E-state index contributed by atoms with van der Waals surface area (Å²) in [6.07, 6.45) is 4.24. The Bertz CT molecular complexity index is 1430. The molecule has 2 fully saturated rings. The summed E-state index contributed by atoms with van der Waals surface area (Å²) in [5, 5.41) is 22.7. The van der Waals surface area contributed by atoms with Crippen molar-refractivity contribution in [1.82, 2.24) is 24.5 Å². The molecule has 2 N–H and O–H groups in total. The van der Waals surface area contributed by atoms with Crippen LogP contribution in [0.25, 0.3) is 16.6 Å². The molecule has 2 aromatic heterocycles. The Labute approximate surface area is 203 Å². The van der Waals surface area contributed by atoms with Crippen LogP contribution in [0.1, 0.15) is 47.3 Å². The minimum Gasteiger partial charge on any atom is -0.478 e. The predicted molar refractivity (Wildman–Crippen MR) is 135 cm³/mol. The molecule has 0 spiro atoms. The van der Waals surface area contributed by atoms with Gasteiger partial charge < -0.3 is 15.3 Å². The minimum atomic E-state index is -0.953. The molecule has 2 aliphatic rings. The largest absolute Gasteiger partial charge is 0.478 e. The van der Waals surface area contributed by atoms with Gasteiger partial charge in [-0.25, -0.2) is 9.78 Å². The van der Waals surface area contributed by atoms with Gasteiger partial charge in [0.05, 0.1) is 17.1 Å². The highest BCUT2D eigenvalue weighted by Gasteiger charge is 2.32. The van der Waals surface area contributed by atoms with Gasteiger partial charge >= 0.3 is 5.97 Å². The second-order valence-corrected chi connectivity index (χ2v) is 9.68. The number of benzene rings is 2. The summed E-state index contributed by atoms with van der Waals surface area (Å²) < 4.78 is 2.01. The lowest BCUT2D eigenvalue weighted by Crippen LogP contribution is -2.50. The first-order valence-corrected chi connectivity index (χ1v) is 12.2. The number of rotatable bonds is 5. The van der Waals surface area contributed by atoms with Gasteiger partial charge in [0.2, 0.25) is 5.95 Å². The fraction of sp³-hybridized carbons (Fsp3) is 0.385. The molecule has 4 heterocycles. The van der Waals surface area contributed by atoms with Crippen molar-refractivity contribution in [3.63, 3.8) is 0 Å². The monoisotopic (exact) mass is 471 g/mol. The lowest BCUT2D eigenvalue weighted by atomic mass is 10.0. The minimum absolute atomic E-state index is 0.171. The van der Waals surface area contributed by atoms with Crippen LogP contribution in [0.2, 0.25) is 0 Å². The van der Waals surface area contributed by atoms with E-state index in [0.717, 1.165) is 53.3 Å². The maximum atomic E-state index is 11.7. The van der Waals surface area contributed by atoms with Crippen molar-refractivity contribution in [2.24, 2.45) is 0 Å². The van der Waals surface area contributed by atoms with Crippen LogP contribution < -0.4 is 10.2 Å². The van der Waals surface area contributed by atoms with Crippen LogP contribution in [-0.4, -0.2) is 67.8 Å². The molecule has 180 valence electrons. The second kappa shape index (κ2) is 8.49. The first-order valence-electron chi connectivity index (χ1n) is 12.2. The zero-order valence-corrected chi connectivity index (χ0v) is 20.0. The molecular weight excluding hydrogens is 442 g/mol. The molecule has 6 rings (SSSR count). The van der Waals surface area contributed by atoms with Gasteiger partial charge in [-0.3, -0.25) is 9.30 Å². The molecule has 0 radical (unpaired) electrons. The van der Waals surface area contributed by atoms with Gasteiger partial charge in [-0.1, -0.05) is 18.2 Å². The van der Waals surface area contributed by atoms with E-state index in [4.69, 9.17) is 4.98 Å². The van der Waals surface area contributed by atoms with E-state index in [0.29, 0.717) is 11.7 Å². The molecule has 1 unspecified atom stereocenters. The highest BCUT2D eigenvalue weighted by atomic mass is 16.4. The van der Waals surface area contributed by atoms with Crippen LogP contribution in [0.3, 0.4) is 0 Å². The Balaban J connectivity index is 1.46. The number of carboxylic acid groups (broad SMARTS) is 1. The third-order valence-corrected chi connectivity index (χ3v) is 7.37. The number of fused-ring (bicyclic) bond motifs is 4. The van der Waals surface area contributed by atoms with E-state index in [1.54, 1.807) is 24.5 Å². The molecule has 2 atom stereocenters. The lowest BCUT2D eigenvalue weighted by molar-refractivity contribution is 0.0698. The highest BCUT2D eigenvalue weighted by Crippen LogP contribution is 2.33. The van der Waals surface area contributed by atoms with E-state index < -0.39 is 5.97 Å². The van der Waals surface area contributed by atoms with Gasteiger partial charge in [-0.15, -0.1) is 10.2 Å². The van der Waals surface area contributed by atoms with Crippen molar-refractivity contribution < 1.29 is 9.90 Å². The summed E-state index contributed by atoms with van der Waals surface area (Å²) in [7, 11) is 0. The molecule has 9 nitrogen and oxygen atoms in total. The average Bonchev–Trinajstić information content (AvgIpc) is 3.53.